The van der Waals surface area contributed by atoms with Gasteiger partial charge in [-0.2, -0.15) is 0 Å². The average Bonchev–Trinajstić information content (AvgIpc) is 2.39. The Kier molecular flexibility index (Phi) is 3.48. The Hall–Kier alpha value is -0.410. The van der Waals surface area contributed by atoms with Gasteiger partial charge in [0, 0.05) is 31.5 Å². The van der Waals surface area contributed by atoms with Gasteiger partial charge in [-0.15, -0.1) is 0 Å². The van der Waals surface area contributed by atoms with Gasteiger partial charge in [0.2, 0.25) is 0 Å². The second-order valence-corrected chi connectivity index (χ2v) is 5.77. The van der Waals surface area contributed by atoms with Crippen LogP contribution in [0.4, 0.5) is 0 Å². The van der Waals surface area contributed by atoms with E-state index in [0.717, 1.165) is 38.8 Å². The second kappa shape index (κ2) is 5.07. The van der Waals surface area contributed by atoms with Gasteiger partial charge >= 0.3 is 0 Å². The molecule has 1 saturated heterocycles. The first-order valence-electron chi connectivity index (χ1n) is 7.23. The van der Waals surface area contributed by atoms with Gasteiger partial charge in [0.25, 0.3) is 0 Å². The zero-order valence-corrected chi connectivity index (χ0v) is 10.6. The molecule has 2 saturated carbocycles. The summed E-state index contributed by atoms with van der Waals surface area (Å²) in [6.07, 6.45) is 9.49. The Morgan fingerprint density at radius 1 is 1.06 bits per heavy atom. The fourth-order valence-corrected chi connectivity index (χ4v) is 3.84. The molecule has 3 aliphatic rings. The summed E-state index contributed by atoms with van der Waals surface area (Å²) in [6.45, 7) is 1.98. The number of carbonyl (C=O) groups excluding carboxylic acids is 1. The Morgan fingerprint density at radius 3 is 2.65 bits per heavy atom. The third-order valence-corrected chi connectivity index (χ3v) is 4.76. The lowest BCUT2D eigenvalue weighted by Gasteiger charge is -2.48. The third kappa shape index (κ3) is 2.41. The van der Waals surface area contributed by atoms with Gasteiger partial charge < -0.3 is 4.74 Å². The fourth-order valence-electron chi connectivity index (χ4n) is 3.84. The fraction of sp³-hybridized carbons (Fsp3) is 0.929. The highest BCUT2D eigenvalue weighted by Crippen LogP contribution is 2.32. The van der Waals surface area contributed by atoms with E-state index < -0.39 is 0 Å². The lowest BCUT2D eigenvalue weighted by atomic mass is 9.86. The average molecular weight is 237 g/mol. The van der Waals surface area contributed by atoms with E-state index in [0.29, 0.717) is 24.0 Å². The van der Waals surface area contributed by atoms with Crippen LogP contribution in [0.3, 0.4) is 0 Å². The largest absolute Gasteiger partial charge is 0.375 e. The lowest BCUT2D eigenvalue weighted by Crippen LogP contribution is -2.56. The van der Waals surface area contributed by atoms with Crippen LogP contribution >= 0.6 is 0 Å². The SMILES string of the molecule is O=C1CCC(N2CCOC3CCCCC32)CC1. The topological polar surface area (TPSA) is 29.5 Å². The molecule has 3 heteroatoms. The molecule has 0 N–H and O–H groups in total. The molecule has 96 valence electrons. The number of hydrogen-bond donors (Lipinski definition) is 0. The highest BCUT2D eigenvalue weighted by Gasteiger charge is 2.38. The van der Waals surface area contributed by atoms with Gasteiger partial charge in [0.15, 0.2) is 0 Å². The van der Waals surface area contributed by atoms with Crippen LogP contribution < -0.4 is 0 Å². The van der Waals surface area contributed by atoms with E-state index >= 15 is 0 Å². The first-order valence-corrected chi connectivity index (χ1v) is 7.23. The number of Topliss-reactive ketones (excluding diaryl/α,β-unsaturated/α-hetero) is 1. The summed E-state index contributed by atoms with van der Waals surface area (Å²) in [5, 5.41) is 0. The number of morpholine rings is 1. The molecule has 3 nitrogen and oxygen atoms in total. The van der Waals surface area contributed by atoms with Crippen LogP contribution in [0.2, 0.25) is 0 Å². The maximum Gasteiger partial charge on any atom is 0.133 e. The van der Waals surface area contributed by atoms with Crippen molar-refractivity contribution < 1.29 is 9.53 Å². The first kappa shape index (κ1) is 11.7. The first-order chi connectivity index (χ1) is 8.34. The number of hydrogen-bond acceptors (Lipinski definition) is 3. The number of ether oxygens (including phenoxy) is 1. The van der Waals surface area contributed by atoms with E-state index in [9.17, 15) is 4.79 Å². The monoisotopic (exact) mass is 237 g/mol. The third-order valence-electron chi connectivity index (χ3n) is 4.76. The summed E-state index contributed by atoms with van der Waals surface area (Å²) >= 11 is 0. The van der Waals surface area contributed by atoms with E-state index in [1.807, 2.05) is 0 Å². The zero-order chi connectivity index (χ0) is 11.7. The van der Waals surface area contributed by atoms with Crippen LogP contribution in [-0.2, 0) is 9.53 Å². The predicted molar refractivity (Wildman–Crippen MR) is 66.0 cm³/mol. The summed E-state index contributed by atoms with van der Waals surface area (Å²) in [6, 6.07) is 1.30. The zero-order valence-electron chi connectivity index (χ0n) is 10.6. The van der Waals surface area contributed by atoms with Crippen molar-refractivity contribution in [3.63, 3.8) is 0 Å². The minimum absolute atomic E-state index is 0.467. The summed E-state index contributed by atoms with van der Waals surface area (Å²) in [7, 11) is 0. The van der Waals surface area contributed by atoms with Gasteiger partial charge in [0.05, 0.1) is 12.7 Å². The van der Waals surface area contributed by atoms with Crippen LogP contribution in [-0.4, -0.2) is 42.0 Å². The summed E-state index contributed by atoms with van der Waals surface area (Å²) < 4.78 is 5.92. The maximum atomic E-state index is 11.3. The van der Waals surface area contributed by atoms with Crippen molar-refractivity contribution in [3.05, 3.63) is 0 Å². The molecule has 3 fully saturated rings. The van der Waals surface area contributed by atoms with Gasteiger partial charge in [-0.25, -0.2) is 0 Å². The highest BCUT2D eigenvalue weighted by atomic mass is 16.5. The summed E-state index contributed by atoms with van der Waals surface area (Å²) in [5.41, 5.74) is 0. The van der Waals surface area contributed by atoms with Crippen molar-refractivity contribution in [2.45, 2.75) is 69.6 Å². The van der Waals surface area contributed by atoms with Crippen molar-refractivity contribution >= 4 is 5.78 Å². The molecule has 0 amide bonds. The number of nitrogens with zero attached hydrogens (tertiary/aromatic N) is 1. The molecular formula is C14H23NO2. The van der Waals surface area contributed by atoms with Crippen LogP contribution in [0, 0.1) is 0 Å². The molecule has 0 bridgehead atoms. The lowest BCUT2D eigenvalue weighted by molar-refractivity contribution is -0.126. The van der Waals surface area contributed by atoms with E-state index in [4.69, 9.17) is 4.74 Å². The van der Waals surface area contributed by atoms with Crippen molar-refractivity contribution in [1.29, 1.82) is 0 Å². The second-order valence-electron chi connectivity index (χ2n) is 5.77. The van der Waals surface area contributed by atoms with E-state index in [1.165, 1.54) is 25.7 Å². The molecule has 1 aliphatic heterocycles. The quantitative estimate of drug-likeness (QED) is 0.700. The minimum Gasteiger partial charge on any atom is -0.375 e. The van der Waals surface area contributed by atoms with Crippen molar-refractivity contribution in [2.24, 2.45) is 0 Å². The molecule has 2 aliphatic carbocycles. The molecule has 2 atom stereocenters. The van der Waals surface area contributed by atoms with Gasteiger partial charge in [-0.3, -0.25) is 9.69 Å². The predicted octanol–water partition coefficient (Wildman–Crippen LogP) is 2.14. The smallest absolute Gasteiger partial charge is 0.133 e. The summed E-state index contributed by atoms with van der Waals surface area (Å²) in [5.74, 6) is 0.467. The van der Waals surface area contributed by atoms with Crippen LogP contribution in [0.1, 0.15) is 51.4 Å². The number of fused-ring (bicyclic) bond motifs is 1. The number of ketones is 1. The molecule has 0 aromatic rings. The Morgan fingerprint density at radius 2 is 1.82 bits per heavy atom. The summed E-state index contributed by atoms with van der Waals surface area (Å²) in [4.78, 5) is 14.0. The maximum absolute atomic E-state index is 11.3. The highest BCUT2D eigenvalue weighted by molar-refractivity contribution is 5.79. The Labute approximate surface area is 104 Å². The van der Waals surface area contributed by atoms with Crippen molar-refractivity contribution in [1.82, 2.24) is 4.90 Å². The molecule has 0 aromatic heterocycles. The Bertz CT molecular complexity index is 280. The van der Waals surface area contributed by atoms with Gasteiger partial charge in [0.1, 0.15) is 5.78 Å². The Balaban J connectivity index is 1.66. The van der Waals surface area contributed by atoms with E-state index in [-0.39, 0.29) is 0 Å². The van der Waals surface area contributed by atoms with E-state index in [1.54, 1.807) is 0 Å². The van der Waals surface area contributed by atoms with E-state index in [2.05, 4.69) is 4.90 Å². The minimum atomic E-state index is 0.467. The van der Waals surface area contributed by atoms with Crippen LogP contribution in [0.15, 0.2) is 0 Å². The number of rotatable bonds is 1. The molecule has 0 radical (unpaired) electrons. The molecule has 3 rings (SSSR count). The molecule has 2 unspecified atom stereocenters. The molecule has 1 heterocycles. The van der Waals surface area contributed by atoms with Gasteiger partial charge in [-0.1, -0.05) is 12.8 Å². The van der Waals surface area contributed by atoms with Crippen molar-refractivity contribution in [3.8, 4) is 0 Å². The molecule has 0 spiro atoms. The standard InChI is InChI=1S/C14H23NO2/c16-12-7-5-11(6-8-12)15-9-10-17-14-4-2-1-3-13(14)15/h11,13-14H,1-10H2. The molecule has 17 heavy (non-hydrogen) atoms. The normalized spacial score (nSPS) is 36.8. The van der Waals surface area contributed by atoms with Crippen molar-refractivity contribution in [2.75, 3.05) is 13.2 Å². The number of carbonyl (C=O) groups is 1. The molecular weight excluding hydrogens is 214 g/mol. The van der Waals surface area contributed by atoms with Gasteiger partial charge in [-0.05, 0) is 25.7 Å². The molecule has 0 aromatic carbocycles. The van der Waals surface area contributed by atoms with Crippen LogP contribution in [0.5, 0.6) is 0 Å². The van der Waals surface area contributed by atoms with Crippen LogP contribution in [0.25, 0.3) is 0 Å².